The molecule has 1 unspecified atom stereocenters. The second-order valence-electron chi connectivity index (χ2n) is 9.23. The van der Waals surface area contributed by atoms with Crippen molar-refractivity contribution in [2.24, 2.45) is 7.05 Å². The maximum absolute atomic E-state index is 12.8. The molecule has 7 heteroatoms. The van der Waals surface area contributed by atoms with Crippen LogP contribution in [0, 0.1) is 13.5 Å². The van der Waals surface area contributed by atoms with Crippen molar-refractivity contribution >= 4 is 22.7 Å². The molecule has 1 aliphatic heterocycles. The van der Waals surface area contributed by atoms with Crippen LogP contribution >= 0.6 is 0 Å². The van der Waals surface area contributed by atoms with Crippen LogP contribution in [0.2, 0.25) is 0 Å². The summed E-state index contributed by atoms with van der Waals surface area (Å²) in [5, 5.41) is 0. The van der Waals surface area contributed by atoms with E-state index >= 15 is 0 Å². The Kier molecular flexibility index (Phi) is 6.99. The molecule has 3 aromatic rings. The smallest absolute Gasteiger partial charge is 0.350 e. The molecule has 1 aliphatic rings. The number of aryl methyl sites for hydroxylation is 2. The quantitative estimate of drug-likeness (QED) is 0.486. The number of nitrogens with zero attached hydrogens (tertiary/aromatic N) is 6. The summed E-state index contributed by atoms with van der Waals surface area (Å²) in [7, 11) is 1.71. The first-order valence-electron chi connectivity index (χ1n) is 12.3. The minimum Gasteiger partial charge on any atom is -0.361 e. The highest BCUT2D eigenvalue weighted by molar-refractivity contribution is 5.87. The van der Waals surface area contributed by atoms with Crippen molar-refractivity contribution in [3.8, 4) is 0 Å². The maximum atomic E-state index is 12.8. The third kappa shape index (κ3) is 4.30. The lowest BCUT2D eigenvalue weighted by Crippen LogP contribution is -2.59. The monoisotopic (exact) mass is 458 g/mol. The van der Waals surface area contributed by atoms with Crippen molar-refractivity contribution in [2.45, 2.75) is 65.1 Å². The maximum Gasteiger partial charge on any atom is 0.350 e. The Morgan fingerprint density at radius 2 is 1.74 bits per heavy atom. The number of aromatic nitrogens is 3. The van der Waals surface area contributed by atoms with E-state index in [0.717, 1.165) is 32.4 Å². The Morgan fingerprint density at radius 1 is 1.03 bits per heavy atom. The molecule has 178 valence electrons. The van der Waals surface area contributed by atoms with Crippen LogP contribution in [0.15, 0.2) is 41.2 Å². The third-order valence-electron chi connectivity index (χ3n) is 7.24. The van der Waals surface area contributed by atoms with E-state index in [1.54, 1.807) is 19.2 Å². The van der Waals surface area contributed by atoms with Crippen LogP contribution in [0.4, 0.5) is 11.6 Å². The largest absolute Gasteiger partial charge is 0.361 e. The van der Waals surface area contributed by atoms with Gasteiger partial charge in [0.15, 0.2) is 5.82 Å². The van der Waals surface area contributed by atoms with Gasteiger partial charge < -0.3 is 9.74 Å². The predicted octanol–water partition coefficient (Wildman–Crippen LogP) is 5.02. The molecule has 4 rings (SSSR count). The van der Waals surface area contributed by atoms with Gasteiger partial charge in [-0.25, -0.2) is 4.79 Å². The van der Waals surface area contributed by atoms with Gasteiger partial charge in [0.2, 0.25) is 5.52 Å². The number of benzene rings is 1. The van der Waals surface area contributed by atoms with Crippen LogP contribution in [-0.4, -0.2) is 44.6 Å². The van der Waals surface area contributed by atoms with E-state index in [9.17, 15) is 4.79 Å². The lowest BCUT2D eigenvalue weighted by atomic mass is 9.94. The van der Waals surface area contributed by atoms with E-state index in [1.807, 2.05) is 0 Å². The molecular weight excluding hydrogens is 424 g/mol. The van der Waals surface area contributed by atoms with Gasteiger partial charge in [0, 0.05) is 38.3 Å². The van der Waals surface area contributed by atoms with E-state index in [2.05, 4.69) is 76.6 Å². The van der Waals surface area contributed by atoms with Gasteiger partial charge in [-0.3, -0.25) is 9.47 Å². The van der Waals surface area contributed by atoms with E-state index < -0.39 is 0 Å². The first kappa shape index (κ1) is 23.9. The van der Waals surface area contributed by atoms with E-state index in [0.29, 0.717) is 34.8 Å². The molecule has 1 aromatic carbocycles. The summed E-state index contributed by atoms with van der Waals surface area (Å²) >= 11 is 0. The van der Waals surface area contributed by atoms with Crippen molar-refractivity contribution in [2.75, 3.05) is 18.0 Å². The van der Waals surface area contributed by atoms with Crippen molar-refractivity contribution in [1.82, 2.24) is 19.4 Å². The average molecular weight is 459 g/mol. The lowest BCUT2D eigenvalue weighted by Gasteiger charge is -2.49. The van der Waals surface area contributed by atoms with Crippen molar-refractivity contribution in [3.05, 3.63) is 69.4 Å². The highest BCUT2D eigenvalue weighted by Crippen LogP contribution is 2.35. The van der Waals surface area contributed by atoms with Crippen molar-refractivity contribution in [3.63, 3.8) is 0 Å². The Bertz CT molecular complexity index is 1260. The van der Waals surface area contributed by atoms with Crippen molar-refractivity contribution in [1.29, 1.82) is 0 Å². The van der Waals surface area contributed by atoms with E-state index in [1.165, 1.54) is 15.7 Å². The summed E-state index contributed by atoms with van der Waals surface area (Å²) in [6, 6.07) is 13.2. The second kappa shape index (κ2) is 9.94. The van der Waals surface area contributed by atoms with E-state index in [-0.39, 0.29) is 11.7 Å². The molecule has 3 heterocycles. The zero-order valence-electron chi connectivity index (χ0n) is 20.8. The van der Waals surface area contributed by atoms with Crippen LogP contribution in [0.1, 0.15) is 57.2 Å². The molecule has 3 atom stereocenters. The highest BCUT2D eigenvalue weighted by atomic mass is 16.1. The molecular formula is C27H34N6O. The molecule has 1 fully saturated rings. The standard InChI is InChI=1S/C27H34N6O/c1-7-20-17-33(26-25-23(31(6)27(34)30-26)14-15-24(28-5)29-25)21(8-2)16-32(20)22(9-3)19-12-10-18(4)11-13-19/h10-15,20-22H,7-9,16-17H2,1-4,6H3/t20-,21+,22?/m1/s1. The molecule has 2 aromatic heterocycles. The van der Waals surface area contributed by atoms with Gasteiger partial charge >= 0.3 is 5.69 Å². The van der Waals surface area contributed by atoms with Crippen LogP contribution in [0.5, 0.6) is 0 Å². The summed E-state index contributed by atoms with van der Waals surface area (Å²) in [6.07, 6.45) is 2.97. The van der Waals surface area contributed by atoms with Gasteiger partial charge in [-0.15, -0.1) is 4.98 Å². The molecule has 0 bridgehead atoms. The summed E-state index contributed by atoms with van der Waals surface area (Å²) < 4.78 is 1.51. The first-order chi connectivity index (χ1) is 16.4. The van der Waals surface area contributed by atoms with Gasteiger partial charge in [-0.2, -0.15) is 4.98 Å². The normalized spacial score (nSPS) is 19.8. The zero-order chi connectivity index (χ0) is 24.4. The van der Waals surface area contributed by atoms with Crippen LogP contribution in [0.3, 0.4) is 0 Å². The fourth-order valence-corrected chi connectivity index (χ4v) is 5.24. The number of pyridine rings is 1. The van der Waals surface area contributed by atoms with Gasteiger partial charge in [-0.1, -0.05) is 57.2 Å². The number of piperazine rings is 1. The first-order valence-corrected chi connectivity index (χ1v) is 12.3. The molecule has 0 spiro atoms. The molecule has 34 heavy (non-hydrogen) atoms. The Balaban J connectivity index is 1.77. The Labute approximate surface area is 201 Å². The van der Waals surface area contributed by atoms with Crippen LogP contribution in [-0.2, 0) is 7.05 Å². The van der Waals surface area contributed by atoms with Crippen LogP contribution < -0.4 is 10.6 Å². The average Bonchev–Trinajstić information content (AvgIpc) is 2.87. The Morgan fingerprint density at radius 3 is 2.35 bits per heavy atom. The topological polar surface area (TPSA) is 58.6 Å². The van der Waals surface area contributed by atoms with E-state index in [4.69, 9.17) is 6.57 Å². The number of rotatable bonds is 6. The Hall–Kier alpha value is -3.24. The summed E-state index contributed by atoms with van der Waals surface area (Å²) in [4.78, 5) is 30.3. The van der Waals surface area contributed by atoms with Crippen LogP contribution in [0.25, 0.3) is 15.9 Å². The van der Waals surface area contributed by atoms with Gasteiger partial charge in [0.05, 0.1) is 5.52 Å². The summed E-state index contributed by atoms with van der Waals surface area (Å²) in [5.74, 6) is 0.926. The molecule has 0 amide bonds. The summed E-state index contributed by atoms with van der Waals surface area (Å²) in [6.45, 7) is 17.9. The fraction of sp³-hybridized carbons (Fsp3) is 0.481. The minimum atomic E-state index is -0.295. The zero-order valence-corrected chi connectivity index (χ0v) is 20.8. The second-order valence-corrected chi connectivity index (χ2v) is 9.23. The molecule has 7 nitrogen and oxygen atoms in total. The predicted molar refractivity (Wildman–Crippen MR) is 137 cm³/mol. The molecule has 1 saturated heterocycles. The SMILES string of the molecule is [C-]#[N+]c1ccc2c(n1)c(N1C[C@@H](CC)N(C(CC)c3ccc(C)cc3)C[C@@H]1CC)nc(=O)n2C. The lowest BCUT2D eigenvalue weighted by molar-refractivity contribution is 0.0895. The number of anilines is 1. The number of hydrogen-bond acceptors (Lipinski definition) is 5. The third-order valence-corrected chi connectivity index (χ3v) is 7.24. The minimum absolute atomic E-state index is 0.198. The van der Waals surface area contributed by atoms with Gasteiger partial charge in [-0.05, 0) is 43.9 Å². The molecule has 0 radical (unpaired) electrons. The van der Waals surface area contributed by atoms with Gasteiger partial charge in [0.25, 0.3) is 5.82 Å². The fourth-order valence-electron chi connectivity index (χ4n) is 5.24. The molecule has 0 N–H and O–H groups in total. The highest BCUT2D eigenvalue weighted by Gasteiger charge is 2.38. The summed E-state index contributed by atoms with van der Waals surface area (Å²) in [5.41, 5.74) is 3.67. The molecule has 0 saturated carbocycles. The molecule has 0 aliphatic carbocycles. The van der Waals surface area contributed by atoms with Gasteiger partial charge in [0.1, 0.15) is 0 Å². The number of fused-ring (bicyclic) bond motifs is 1. The number of hydrogen-bond donors (Lipinski definition) is 0. The van der Waals surface area contributed by atoms with Crippen molar-refractivity contribution < 1.29 is 0 Å².